The van der Waals surface area contributed by atoms with E-state index in [2.05, 4.69) is 0 Å². The normalized spacial score (nSPS) is 35.2. The molecular weight excluding hydrogens is 300 g/mol. The summed E-state index contributed by atoms with van der Waals surface area (Å²) in [5.41, 5.74) is 5.49. The van der Waals surface area contributed by atoms with E-state index in [1.54, 1.807) is 0 Å². The van der Waals surface area contributed by atoms with Gasteiger partial charge in [0, 0.05) is 13.1 Å². The van der Waals surface area contributed by atoms with Crippen LogP contribution in [0.1, 0.15) is 25.7 Å². The Kier molecular flexibility index (Phi) is 4.49. The highest BCUT2D eigenvalue weighted by atomic mass is 32.2. The van der Waals surface area contributed by atoms with Crippen molar-refractivity contribution in [3.63, 3.8) is 0 Å². The number of hydrogen-bond donors (Lipinski definition) is 1. The van der Waals surface area contributed by atoms with Gasteiger partial charge >= 0.3 is 0 Å². The van der Waals surface area contributed by atoms with Crippen molar-refractivity contribution in [3.05, 3.63) is 0 Å². The molecule has 2 unspecified atom stereocenters. The minimum absolute atomic E-state index is 0.159. The van der Waals surface area contributed by atoms with Gasteiger partial charge in [-0.1, -0.05) is 0 Å². The first-order chi connectivity index (χ1) is 9.16. The van der Waals surface area contributed by atoms with Crippen molar-refractivity contribution >= 4 is 19.9 Å². The van der Waals surface area contributed by atoms with Gasteiger partial charge < -0.3 is 5.73 Å². The summed E-state index contributed by atoms with van der Waals surface area (Å²) in [5.74, 6) is 0.591. The van der Waals surface area contributed by atoms with Crippen LogP contribution in [0.25, 0.3) is 0 Å². The van der Waals surface area contributed by atoms with Gasteiger partial charge in [-0.25, -0.2) is 21.1 Å². The Hall–Kier alpha value is -0.180. The summed E-state index contributed by atoms with van der Waals surface area (Å²) in [6.07, 6.45) is 4.35. The van der Waals surface area contributed by atoms with Crippen LogP contribution >= 0.6 is 0 Å². The second kappa shape index (κ2) is 5.55. The van der Waals surface area contributed by atoms with Gasteiger partial charge in [0.15, 0.2) is 9.84 Å². The van der Waals surface area contributed by atoms with Crippen LogP contribution in [0, 0.1) is 11.3 Å². The fourth-order valence-corrected chi connectivity index (χ4v) is 6.64. The van der Waals surface area contributed by atoms with Gasteiger partial charge in [-0.15, -0.1) is 0 Å². The van der Waals surface area contributed by atoms with Crippen LogP contribution in [0.4, 0.5) is 0 Å². The largest absolute Gasteiger partial charge is 0.330 e. The topological polar surface area (TPSA) is 97.5 Å². The number of piperidine rings is 1. The molecule has 0 amide bonds. The van der Waals surface area contributed by atoms with Crippen molar-refractivity contribution in [1.82, 2.24) is 4.31 Å². The molecule has 0 spiro atoms. The highest BCUT2D eigenvalue weighted by Crippen LogP contribution is 2.39. The second-order valence-corrected chi connectivity index (χ2v) is 10.5. The third-order valence-corrected chi connectivity index (χ3v) is 7.72. The average molecular weight is 324 g/mol. The molecule has 2 aliphatic heterocycles. The standard InChI is InChI=1S/C12H24N2O4S2/c1-19(15,16)14-5-2-3-11(8-14)7-12(9-13)4-6-20(17,18)10-12/h11H,2-10,13H2,1H3. The summed E-state index contributed by atoms with van der Waals surface area (Å²) < 4.78 is 48.2. The summed E-state index contributed by atoms with van der Waals surface area (Å²) >= 11 is 0. The van der Waals surface area contributed by atoms with Crippen LogP contribution in [0.15, 0.2) is 0 Å². The lowest BCUT2D eigenvalue weighted by Crippen LogP contribution is -2.42. The number of nitrogens with zero attached hydrogens (tertiary/aromatic N) is 1. The van der Waals surface area contributed by atoms with Gasteiger partial charge in [0.25, 0.3) is 0 Å². The molecule has 2 N–H and O–H groups in total. The maximum Gasteiger partial charge on any atom is 0.211 e. The van der Waals surface area contributed by atoms with Crippen LogP contribution in [0.5, 0.6) is 0 Å². The summed E-state index contributed by atoms with van der Waals surface area (Å²) in [5, 5.41) is 0. The van der Waals surface area contributed by atoms with E-state index in [4.69, 9.17) is 5.73 Å². The zero-order chi connectivity index (χ0) is 15.0. The third-order valence-electron chi connectivity index (χ3n) is 4.57. The molecule has 0 radical (unpaired) electrons. The molecule has 2 rings (SSSR count). The van der Waals surface area contributed by atoms with Crippen LogP contribution < -0.4 is 5.73 Å². The van der Waals surface area contributed by atoms with Crippen LogP contribution in [0.3, 0.4) is 0 Å². The van der Waals surface area contributed by atoms with Crippen molar-refractivity contribution in [2.45, 2.75) is 25.7 Å². The van der Waals surface area contributed by atoms with Crippen molar-refractivity contribution in [2.75, 3.05) is 37.4 Å². The molecule has 118 valence electrons. The van der Waals surface area contributed by atoms with E-state index in [9.17, 15) is 16.8 Å². The summed E-state index contributed by atoms with van der Waals surface area (Å²) in [7, 11) is -6.13. The first kappa shape index (κ1) is 16.2. The SMILES string of the molecule is CS(=O)(=O)N1CCCC(CC2(CN)CCS(=O)(=O)C2)C1. The van der Waals surface area contributed by atoms with Crippen LogP contribution in [0.2, 0.25) is 0 Å². The van der Waals surface area contributed by atoms with Crippen molar-refractivity contribution in [1.29, 1.82) is 0 Å². The number of sulfonamides is 1. The Morgan fingerprint density at radius 1 is 1.40 bits per heavy atom. The molecule has 2 fully saturated rings. The van der Waals surface area contributed by atoms with Gasteiger partial charge in [-0.3, -0.25) is 0 Å². The summed E-state index contributed by atoms with van der Waals surface area (Å²) in [6, 6.07) is 0. The average Bonchev–Trinajstić information content (AvgIpc) is 2.65. The predicted molar refractivity (Wildman–Crippen MR) is 78.5 cm³/mol. The molecule has 0 aromatic heterocycles. The van der Waals surface area contributed by atoms with Gasteiger partial charge in [-0.05, 0) is 43.6 Å². The highest BCUT2D eigenvalue weighted by molar-refractivity contribution is 7.91. The van der Waals surface area contributed by atoms with Crippen molar-refractivity contribution in [3.8, 4) is 0 Å². The third kappa shape index (κ3) is 3.72. The zero-order valence-corrected chi connectivity index (χ0v) is 13.5. The molecule has 0 aromatic rings. The number of hydrogen-bond acceptors (Lipinski definition) is 5. The summed E-state index contributed by atoms with van der Waals surface area (Å²) in [6.45, 7) is 1.44. The van der Waals surface area contributed by atoms with Crippen molar-refractivity contribution in [2.24, 2.45) is 17.1 Å². The molecule has 8 heteroatoms. The lowest BCUT2D eigenvalue weighted by Gasteiger charge is -2.36. The molecule has 2 atom stereocenters. The van der Waals surface area contributed by atoms with E-state index in [0.29, 0.717) is 26.1 Å². The number of rotatable bonds is 4. The second-order valence-electron chi connectivity index (χ2n) is 6.38. The quantitative estimate of drug-likeness (QED) is 0.773. The molecule has 2 heterocycles. The molecule has 0 aromatic carbocycles. The Labute approximate surface area is 121 Å². The Balaban J connectivity index is 2.05. The molecule has 20 heavy (non-hydrogen) atoms. The number of nitrogens with two attached hydrogens (primary N) is 1. The smallest absolute Gasteiger partial charge is 0.211 e. The van der Waals surface area contributed by atoms with Gasteiger partial charge in [-0.2, -0.15) is 0 Å². The van der Waals surface area contributed by atoms with E-state index in [-0.39, 0.29) is 22.8 Å². The Morgan fingerprint density at radius 3 is 2.60 bits per heavy atom. The highest BCUT2D eigenvalue weighted by Gasteiger charge is 2.43. The van der Waals surface area contributed by atoms with E-state index in [0.717, 1.165) is 19.3 Å². The lowest BCUT2D eigenvalue weighted by molar-refractivity contribution is 0.185. The molecule has 2 saturated heterocycles. The van der Waals surface area contributed by atoms with Crippen molar-refractivity contribution < 1.29 is 16.8 Å². The molecule has 2 aliphatic rings. The van der Waals surface area contributed by atoms with Crippen LogP contribution in [-0.2, 0) is 19.9 Å². The lowest BCUT2D eigenvalue weighted by atomic mass is 9.77. The Bertz CT molecular complexity index is 558. The Morgan fingerprint density at radius 2 is 2.10 bits per heavy atom. The van der Waals surface area contributed by atoms with Crippen LogP contribution in [-0.4, -0.2) is 58.5 Å². The molecule has 0 bridgehead atoms. The van der Waals surface area contributed by atoms with Gasteiger partial charge in [0.1, 0.15) is 0 Å². The van der Waals surface area contributed by atoms with Gasteiger partial charge in [0.2, 0.25) is 10.0 Å². The zero-order valence-electron chi connectivity index (χ0n) is 11.9. The van der Waals surface area contributed by atoms with E-state index >= 15 is 0 Å². The fraction of sp³-hybridized carbons (Fsp3) is 1.00. The molecule has 0 aliphatic carbocycles. The fourth-order valence-electron chi connectivity index (χ4n) is 3.50. The minimum Gasteiger partial charge on any atom is -0.330 e. The minimum atomic E-state index is -3.16. The predicted octanol–water partition coefficient (Wildman–Crippen LogP) is -0.188. The maximum atomic E-state index is 11.7. The maximum absolute atomic E-state index is 11.7. The van der Waals surface area contributed by atoms with E-state index in [1.807, 2.05) is 0 Å². The van der Waals surface area contributed by atoms with Gasteiger partial charge in [0.05, 0.1) is 17.8 Å². The molecule has 0 saturated carbocycles. The van der Waals surface area contributed by atoms with E-state index in [1.165, 1.54) is 10.6 Å². The molecular formula is C12H24N2O4S2. The molecule has 6 nitrogen and oxygen atoms in total. The first-order valence-electron chi connectivity index (χ1n) is 7.01. The number of sulfone groups is 1. The monoisotopic (exact) mass is 324 g/mol. The first-order valence-corrected chi connectivity index (χ1v) is 10.7. The summed E-state index contributed by atoms with van der Waals surface area (Å²) in [4.78, 5) is 0. The van der Waals surface area contributed by atoms with E-state index < -0.39 is 19.9 Å².